The molecule has 11 nitrogen and oxygen atoms in total. The zero-order chi connectivity index (χ0) is 29.8. The third-order valence-electron chi connectivity index (χ3n) is 5.66. The maximum Gasteiger partial charge on any atom is 0.508 e. The van der Waals surface area contributed by atoms with Gasteiger partial charge in [0.05, 0.1) is 12.7 Å². The molecule has 0 aliphatic carbocycles. The minimum atomic E-state index is -2.56. The van der Waals surface area contributed by atoms with E-state index in [1.165, 1.54) is 4.68 Å². The minimum Gasteiger partial charge on any atom is -0.491 e. The molecule has 0 bridgehead atoms. The maximum absolute atomic E-state index is 11.6. The number of hydrogen-bond acceptors (Lipinski definition) is 10. The van der Waals surface area contributed by atoms with E-state index in [0.717, 1.165) is 5.56 Å². The topological polar surface area (TPSA) is 142 Å². The molecule has 1 saturated heterocycles. The van der Waals surface area contributed by atoms with Crippen LogP contribution in [0.4, 0.5) is 4.79 Å². The molecule has 1 fully saturated rings. The maximum atomic E-state index is 11.6. The molecule has 0 amide bonds. The van der Waals surface area contributed by atoms with Gasteiger partial charge in [-0.25, -0.2) is 4.79 Å². The first-order chi connectivity index (χ1) is 18.7. The van der Waals surface area contributed by atoms with Gasteiger partial charge in [-0.2, -0.15) is 0 Å². The first-order valence-electron chi connectivity index (χ1n) is 13.8. The van der Waals surface area contributed by atoms with Crippen molar-refractivity contribution in [2.45, 2.75) is 90.7 Å². The summed E-state index contributed by atoms with van der Waals surface area (Å²) in [6, 6.07) is 6.79. The quantitative estimate of drug-likeness (QED) is 0.396. The van der Waals surface area contributed by atoms with E-state index in [4.69, 9.17) is 27.8 Å². The van der Waals surface area contributed by atoms with Crippen LogP contribution in [-0.2, 0) is 20.6 Å². The van der Waals surface area contributed by atoms with Crippen molar-refractivity contribution in [1.82, 2.24) is 9.78 Å². The van der Waals surface area contributed by atoms with E-state index in [1.54, 1.807) is 45.0 Å². The van der Waals surface area contributed by atoms with Crippen LogP contribution in [0.15, 0.2) is 24.3 Å². The monoisotopic (exact) mass is 525 g/mol. The van der Waals surface area contributed by atoms with Crippen LogP contribution >= 0.6 is 0 Å². The Hall–Kier alpha value is -2.86. The van der Waals surface area contributed by atoms with Crippen LogP contribution < -0.4 is 9.47 Å². The summed E-state index contributed by atoms with van der Waals surface area (Å²) in [6.45, 7) is 5.95. The first-order valence-corrected chi connectivity index (χ1v) is 12.3. The molecule has 5 atom stereocenters. The highest BCUT2D eigenvalue weighted by atomic mass is 16.7. The van der Waals surface area contributed by atoms with Crippen molar-refractivity contribution in [2.24, 2.45) is 0 Å². The van der Waals surface area contributed by atoms with Crippen molar-refractivity contribution >= 4 is 6.16 Å². The van der Waals surface area contributed by atoms with E-state index < -0.39 is 50.3 Å². The number of carbonyl (C=O) groups excluding carboxylic acids is 1. The number of aromatic nitrogens is 2. The number of nitrogens with zero attached hydrogens (tertiary/aromatic N) is 2. The number of ether oxygens (including phenoxy) is 5. The van der Waals surface area contributed by atoms with Crippen LogP contribution in [0.5, 0.6) is 11.6 Å². The van der Waals surface area contributed by atoms with Crippen LogP contribution in [0.1, 0.15) is 61.6 Å². The molecule has 0 radical (unpaired) electrons. The fraction of sp³-hybridized carbons (Fsp3) is 0.615. The molecule has 2 heterocycles. The lowest BCUT2D eigenvalue weighted by molar-refractivity contribution is -0.278. The van der Waals surface area contributed by atoms with Gasteiger partial charge in [-0.3, -0.25) is 4.68 Å². The van der Waals surface area contributed by atoms with Crippen LogP contribution in [0.2, 0.25) is 0 Å². The summed E-state index contributed by atoms with van der Waals surface area (Å²) in [4.78, 5) is 11.6. The SMILES string of the molecule is [2H]C([2H])([2H])c1c(Cc2ccc(OC(C)C)cc2)c(O[C@@H]2O[C@H](COC(=O)OCC)[C@@H](O)[C@H](O)[C@H]2O)nn1C(C)C. The lowest BCUT2D eigenvalue weighted by Crippen LogP contribution is -2.60. The molecule has 1 aliphatic rings. The van der Waals surface area contributed by atoms with Crippen molar-refractivity contribution in [3.8, 4) is 11.6 Å². The van der Waals surface area contributed by atoms with Gasteiger partial charge in [0.1, 0.15) is 36.8 Å². The zero-order valence-electron chi connectivity index (χ0n) is 24.7. The summed E-state index contributed by atoms with van der Waals surface area (Å²) >= 11 is 0. The average Bonchev–Trinajstić information content (AvgIpc) is 3.23. The average molecular weight is 526 g/mol. The van der Waals surface area contributed by atoms with E-state index in [9.17, 15) is 20.1 Å². The summed E-state index contributed by atoms with van der Waals surface area (Å²) in [6.07, 6.45) is -8.81. The van der Waals surface area contributed by atoms with Crippen molar-refractivity contribution in [3.05, 3.63) is 41.1 Å². The molecule has 0 unspecified atom stereocenters. The van der Waals surface area contributed by atoms with Crippen molar-refractivity contribution < 1.29 is 47.9 Å². The smallest absolute Gasteiger partial charge is 0.491 e. The molecule has 0 spiro atoms. The Balaban J connectivity index is 1.95. The van der Waals surface area contributed by atoms with Gasteiger partial charge in [0.2, 0.25) is 12.2 Å². The van der Waals surface area contributed by atoms with Crippen LogP contribution in [-0.4, -0.2) is 81.3 Å². The van der Waals surface area contributed by atoms with E-state index in [0.29, 0.717) is 5.75 Å². The summed E-state index contributed by atoms with van der Waals surface area (Å²) in [5, 5.41) is 35.8. The van der Waals surface area contributed by atoms with E-state index in [1.807, 2.05) is 13.8 Å². The number of aliphatic hydroxyl groups is 3. The van der Waals surface area contributed by atoms with Crippen molar-refractivity contribution in [1.29, 1.82) is 0 Å². The molecule has 1 aliphatic heterocycles. The Morgan fingerprint density at radius 3 is 2.41 bits per heavy atom. The van der Waals surface area contributed by atoms with Crippen LogP contribution in [0, 0.1) is 6.85 Å². The predicted molar refractivity (Wildman–Crippen MR) is 133 cm³/mol. The van der Waals surface area contributed by atoms with Gasteiger partial charge in [-0.15, -0.1) is 5.10 Å². The molecular weight excluding hydrogens is 484 g/mol. The molecule has 0 saturated carbocycles. The number of benzene rings is 1. The Morgan fingerprint density at radius 1 is 1.11 bits per heavy atom. The predicted octanol–water partition coefficient (Wildman–Crippen LogP) is 2.51. The Morgan fingerprint density at radius 2 is 1.81 bits per heavy atom. The van der Waals surface area contributed by atoms with Gasteiger partial charge < -0.3 is 39.0 Å². The molecule has 1 aromatic heterocycles. The number of aliphatic hydroxyl groups excluding tert-OH is 3. The standard InChI is InChI=1S/C26H38N2O9/c1-7-33-26(32)34-13-20-21(29)22(30)23(31)25(36-20)37-24-19(16(6)28(27-24)14(2)3)12-17-8-10-18(11-9-17)35-15(4)5/h8-11,14-15,20-23,25,29-31H,7,12-13H2,1-6H3/t20-,21-,22+,23-,25+/m1/s1/i6D3. The summed E-state index contributed by atoms with van der Waals surface area (Å²) in [5.41, 5.74) is 0.936. The third-order valence-corrected chi connectivity index (χ3v) is 5.66. The Kier molecular flexibility index (Phi) is 8.33. The largest absolute Gasteiger partial charge is 0.508 e. The second kappa shape index (κ2) is 12.6. The van der Waals surface area contributed by atoms with Crippen molar-refractivity contribution in [3.63, 3.8) is 0 Å². The van der Waals surface area contributed by atoms with Gasteiger partial charge in [-0.05, 0) is 59.2 Å². The van der Waals surface area contributed by atoms with Gasteiger partial charge >= 0.3 is 6.16 Å². The molecule has 3 rings (SSSR count). The molecule has 3 N–H and O–H groups in total. The second-order valence-electron chi connectivity index (χ2n) is 9.28. The summed E-state index contributed by atoms with van der Waals surface area (Å²) < 4.78 is 52.8. The fourth-order valence-electron chi connectivity index (χ4n) is 3.81. The summed E-state index contributed by atoms with van der Waals surface area (Å²) in [7, 11) is 0. The van der Waals surface area contributed by atoms with E-state index >= 15 is 0 Å². The van der Waals surface area contributed by atoms with E-state index in [2.05, 4.69) is 5.10 Å². The normalized spacial score (nSPS) is 25.4. The highest BCUT2D eigenvalue weighted by molar-refractivity contribution is 5.59. The van der Waals surface area contributed by atoms with Gasteiger partial charge in [0.15, 0.2) is 0 Å². The lowest BCUT2D eigenvalue weighted by Gasteiger charge is -2.39. The fourth-order valence-corrected chi connectivity index (χ4v) is 3.81. The molecular formula is C26H38N2O9. The van der Waals surface area contributed by atoms with Crippen LogP contribution in [0.3, 0.4) is 0 Å². The first kappa shape index (κ1) is 24.5. The third kappa shape index (κ3) is 7.13. The van der Waals surface area contributed by atoms with E-state index in [-0.39, 0.29) is 42.3 Å². The summed E-state index contributed by atoms with van der Waals surface area (Å²) in [5.74, 6) is 0.534. The van der Waals surface area contributed by atoms with Crippen LogP contribution in [0.25, 0.3) is 0 Å². The molecule has 11 heteroatoms. The number of hydrogen-bond donors (Lipinski definition) is 3. The van der Waals surface area contributed by atoms with Gasteiger partial charge in [0.25, 0.3) is 0 Å². The van der Waals surface area contributed by atoms with Gasteiger partial charge in [-0.1, -0.05) is 12.1 Å². The molecule has 206 valence electrons. The minimum absolute atomic E-state index is 0.0143. The number of carbonyl (C=O) groups is 1. The molecule has 2 aromatic rings. The highest BCUT2D eigenvalue weighted by Crippen LogP contribution is 2.31. The highest BCUT2D eigenvalue weighted by Gasteiger charge is 2.46. The number of rotatable bonds is 10. The van der Waals surface area contributed by atoms with Gasteiger partial charge in [0, 0.05) is 27.8 Å². The lowest BCUT2D eigenvalue weighted by atomic mass is 9.99. The molecule has 37 heavy (non-hydrogen) atoms. The molecule has 1 aromatic carbocycles. The van der Waals surface area contributed by atoms with Crippen molar-refractivity contribution in [2.75, 3.05) is 13.2 Å². The Labute approximate surface area is 221 Å². The zero-order valence-corrected chi connectivity index (χ0v) is 21.7. The second-order valence-corrected chi connectivity index (χ2v) is 9.28. The Bertz CT molecular complexity index is 1120.